The van der Waals surface area contributed by atoms with Crippen molar-refractivity contribution in [3.8, 4) is 5.75 Å². The molecule has 1 saturated carbocycles. The van der Waals surface area contributed by atoms with Crippen LogP contribution in [0.1, 0.15) is 59.0 Å². The number of carbonyl (C=O) groups is 1. The molecule has 1 fully saturated rings. The Bertz CT molecular complexity index is 1190. The van der Waals surface area contributed by atoms with Gasteiger partial charge in [0.05, 0.1) is 23.3 Å². The van der Waals surface area contributed by atoms with Crippen LogP contribution in [-0.2, 0) is 6.54 Å². The van der Waals surface area contributed by atoms with Gasteiger partial charge in [0.15, 0.2) is 0 Å². The quantitative estimate of drug-likeness (QED) is 0.590. The second-order valence-corrected chi connectivity index (χ2v) is 8.05. The molecule has 1 amide bonds. The molecule has 4 rings (SSSR count). The number of carbonyl (C=O) groups excluding carboxylic acids is 1. The number of hydrogen-bond donors (Lipinski definition) is 2. The first kappa shape index (κ1) is 21.3. The maximum atomic E-state index is 12.9. The van der Waals surface area contributed by atoms with E-state index in [0.29, 0.717) is 16.6 Å². The van der Waals surface area contributed by atoms with Crippen LogP contribution >= 0.6 is 11.6 Å². The van der Waals surface area contributed by atoms with Crippen LogP contribution in [0.2, 0.25) is 5.02 Å². The Balaban J connectivity index is 1.62. The molecule has 0 saturated heterocycles. The second kappa shape index (κ2) is 8.66. The lowest BCUT2D eigenvalue weighted by atomic mass is 10.0. The van der Waals surface area contributed by atoms with Crippen LogP contribution in [0.3, 0.4) is 0 Å². The zero-order valence-electron chi connectivity index (χ0n) is 16.8. The van der Waals surface area contributed by atoms with Gasteiger partial charge in [0.1, 0.15) is 17.8 Å². The van der Waals surface area contributed by atoms with Gasteiger partial charge < -0.3 is 15.0 Å². The third kappa shape index (κ3) is 4.41. The number of fused-ring (bicyclic) bond motifs is 1. The Hall–Kier alpha value is -2.94. The van der Waals surface area contributed by atoms with Crippen LogP contribution in [0.5, 0.6) is 5.75 Å². The first-order chi connectivity index (χ1) is 14.8. The molecule has 3 aromatic rings. The standard InChI is InChI=1S/C21H21ClF2N4O3/c1-11-6-17(31-21(23)24)14(19(29)27-11)9-25-20(30)16-8-13(22)7-15-18(26-10-28(15)16)12-4-2-3-5-12/h6-8,10,12,21H,2-5,9H2,1H3,(H,25,30)(H,27,29). The maximum Gasteiger partial charge on any atom is 0.387 e. The lowest BCUT2D eigenvalue weighted by molar-refractivity contribution is -0.0506. The van der Waals surface area contributed by atoms with Crippen molar-refractivity contribution in [3.63, 3.8) is 0 Å². The van der Waals surface area contributed by atoms with E-state index in [1.807, 2.05) is 0 Å². The fraction of sp³-hybridized carbons (Fsp3) is 0.381. The normalized spacial score (nSPS) is 14.5. The highest BCUT2D eigenvalue weighted by atomic mass is 35.5. The van der Waals surface area contributed by atoms with Crippen molar-refractivity contribution in [2.75, 3.05) is 0 Å². The number of ether oxygens (including phenoxy) is 1. The third-order valence-corrected chi connectivity index (χ3v) is 5.71. The molecular formula is C21H21ClF2N4O3. The molecule has 31 heavy (non-hydrogen) atoms. The molecule has 164 valence electrons. The number of amides is 1. The van der Waals surface area contributed by atoms with Gasteiger partial charge in [0.2, 0.25) is 0 Å². The van der Waals surface area contributed by atoms with E-state index in [0.717, 1.165) is 36.9 Å². The van der Waals surface area contributed by atoms with Crippen molar-refractivity contribution < 1.29 is 18.3 Å². The van der Waals surface area contributed by atoms with E-state index in [4.69, 9.17) is 11.6 Å². The van der Waals surface area contributed by atoms with E-state index in [1.165, 1.54) is 12.1 Å². The van der Waals surface area contributed by atoms with E-state index in [1.54, 1.807) is 23.7 Å². The van der Waals surface area contributed by atoms with Crippen molar-refractivity contribution in [1.29, 1.82) is 0 Å². The molecule has 0 aromatic carbocycles. The Morgan fingerprint density at radius 1 is 1.35 bits per heavy atom. The average molecular weight is 451 g/mol. The summed E-state index contributed by atoms with van der Waals surface area (Å²) in [5, 5.41) is 2.98. The summed E-state index contributed by atoms with van der Waals surface area (Å²) in [5.74, 6) is -0.468. The highest BCUT2D eigenvalue weighted by Crippen LogP contribution is 2.36. The smallest absolute Gasteiger partial charge is 0.387 e. The molecule has 0 radical (unpaired) electrons. The molecule has 3 heterocycles. The number of rotatable bonds is 6. The molecule has 1 aliphatic rings. The fourth-order valence-corrected chi connectivity index (χ4v) is 4.29. The summed E-state index contributed by atoms with van der Waals surface area (Å²) in [4.78, 5) is 32.2. The molecule has 0 spiro atoms. The molecule has 0 bridgehead atoms. The van der Waals surface area contributed by atoms with Gasteiger partial charge >= 0.3 is 6.61 Å². The average Bonchev–Trinajstić information content (AvgIpc) is 3.35. The minimum atomic E-state index is -3.09. The molecule has 2 N–H and O–H groups in total. The SMILES string of the molecule is Cc1cc(OC(F)F)c(CNC(=O)c2cc(Cl)cc3c(C4CCCC4)ncn23)c(=O)[nH]1. The Morgan fingerprint density at radius 3 is 2.81 bits per heavy atom. The number of aromatic amines is 1. The lowest BCUT2D eigenvalue weighted by Gasteiger charge is -2.13. The summed E-state index contributed by atoms with van der Waals surface area (Å²) < 4.78 is 31.6. The van der Waals surface area contributed by atoms with Gasteiger partial charge in [0, 0.05) is 22.7 Å². The van der Waals surface area contributed by atoms with Crippen molar-refractivity contribution in [1.82, 2.24) is 19.7 Å². The first-order valence-electron chi connectivity index (χ1n) is 9.96. The maximum absolute atomic E-state index is 12.9. The summed E-state index contributed by atoms with van der Waals surface area (Å²) in [7, 11) is 0. The highest BCUT2D eigenvalue weighted by molar-refractivity contribution is 6.31. The number of imidazole rings is 1. The van der Waals surface area contributed by atoms with Gasteiger partial charge in [-0.1, -0.05) is 24.4 Å². The van der Waals surface area contributed by atoms with Gasteiger partial charge in [-0.3, -0.25) is 14.0 Å². The number of hydrogen-bond acceptors (Lipinski definition) is 4. The summed E-state index contributed by atoms with van der Waals surface area (Å²) in [6.45, 7) is -1.84. The van der Waals surface area contributed by atoms with Gasteiger partial charge in [-0.25, -0.2) is 4.98 Å². The molecule has 0 unspecified atom stereocenters. The van der Waals surface area contributed by atoms with Crippen LogP contribution in [0.25, 0.3) is 5.52 Å². The predicted octanol–water partition coefficient (Wildman–Crippen LogP) is 4.17. The monoisotopic (exact) mass is 450 g/mol. The second-order valence-electron chi connectivity index (χ2n) is 7.61. The number of H-pyrrole nitrogens is 1. The van der Waals surface area contributed by atoms with Crippen molar-refractivity contribution >= 4 is 23.0 Å². The molecule has 1 aliphatic carbocycles. The Kier molecular flexibility index (Phi) is 5.95. The predicted molar refractivity (Wildman–Crippen MR) is 111 cm³/mol. The van der Waals surface area contributed by atoms with Crippen molar-refractivity contribution in [2.24, 2.45) is 0 Å². The van der Waals surface area contributed by atoms with Crippen molar-refractivity contribution in [2.45, 2.75) is 51.7 Å². The zero-order chi connectivity index (χ0) is 22.1. The molecule has 0 atom stereocenters. The number of pyridine rings is 2. The minimum Gasteiger partial charge on any atom is -0.434 e. The Morgan fingerprint density at radius 2 is 2.10 bits per heavy atom. The van der Waals surface area contributed by atoms with E-state index < -0.39 is 18.1 Å². The van der Waals surface area contributed by atoms with Gasteiger partial charge in [-0.2, -0.15) is 8.78 Å². The van der Waals surface area contributed by atoms with Crippen LogP contribution in [-0.4, -0.2) is 26.9 Å². The highest BCUT2D eigenvalue weighted by Gasteiger charge is 2.24. The zero-order valence-corrected chi connectivity index (χ0v) is 17.5. The molecule has 7 nitrogen and oxygen atoms in total. The van der Waals surface area contributed by atoms with Crippen LogP contribution in [0.15, 0.2) is 29.3 Å². The third-order valence-electron chi connectivity index (χ3n) is 5.49. The number of halogens is 3. The number of aryl methyl sites for hydroxylation is 1. The van der Waals surface area contributed by atoms with E-state index >= 15 is 0 Å². The van der Waals surface area contributed by atoms with E-state index in [2.05, 4.69) is 20.0 Å². The van der Waals surface area contributed by atoms with Crippen LogP contribution in [0.4, 0.5) is 8.78 Å². The molecule has 10 heteroatoms. The number of nitrogens with zero attached hydrogens (tertiary/aromatic N) is 2. The summed E-state index contributed by atoms with van der Waals surface area (Å²) in [5.41, 5.74) is 1.56. The topological polar surface area (TPSA) is 88.5 Å². The minimum absolute atomic E-state index is 0.102. The van der Waals surface area contributed by atoms with Gasteiger partial charge in [-0.15, -0.1) is 0 Å². The van der Waals surface area contributed by atoms with E-state index in [9.17, 15) is 18.4 Å². The van der Waals surface area contributed by atoms with Crippen LogP contribution in [0, 0.1) is 6.92 Å². The Labute approximate surface area is 181 Å². The molecule has 3 aromatic heterocycles. The summed E-state index contributed by atoms with van der Waals surface area (Å²) in [6.07, 6.45) is 5.96. The number of aromatic nitrogens is 3. The van der Waals surface area contributed by atoms with Crippen LogP contribution < -0.4 is 15.6 Å². The van der Waals surface area contributed by atoms with Crippen molar-refractivity contribution in [3.05, 3.63) is 62.5 Å². The number of nitrogens with one attached hydrogen (secondary N) is 2. The van der Waals surface area contributed by atoms with E-state index in [-0.39, 0.29) is 23.6 Å². The summed E-state index contributed by atoms with van der Waals surface area (Å²) >= 11 is 6.27. The molecule has 0 aliphatic heterocycles. The molecular weight excluding hydrogens is 430 g/mol. The number of alkyl halides is 2. The fourth-order valence-electron chi connectivity index (χ4n) is 4.08. The lowest BCUT2D eigenvalue weighted by Crippen LogP contribution is -2.29. The summed E-state index contributed by atoms with van der Waals surface area (Å²) in [6, 6.07) is 4.56. The van der Waals surface area contributed by atoms with Gasteiger partial charge in [0.25, 0.3) is 11.5 Å². The van der Waals surface area contributed by atoms with Gasteiger partial charge in [-0.05, 0) is 31.9 Å². The first-order valence-corrected chi connectivity index (χ1v) is 10.3. The largest absolute Gasteiger partial charge is 0.434 e.